The lowest BCUT2D eigenvalue weighted by Crippen LogP contribution is -2.15. The molecule has 0 saturated heterocycles. The van der Waals surface area contributed by atoms with Gasteiger partial charge in [0.05, 0.1) is 0 Å². The molecule has 2 aromatic rings. The second-order valence-corrected chi connectivity index (χ2v) is 11.1. The number of halogens is 2. The number of carbonyl (C=O) groups excluding carboxylic acids is 1. The summed E-state index contributed by atoms with van der Waals surface area (Å²) in [5.74, 6) is 0. The third-order valence-electron chi connectivity index (χ3n) is 4.74. The molecule has 164 valence electrons. The summed E-state index contributed by atoms with van der Waals surface area (Å²) in [5.41, 5.74) is 17.1. The first kappa shape index (κ1) is 24.5. The minimum Gasteiger partial charge on any atom is -0.429 e. The second-order valence-electron chi connectivity index (χ2n) is 9.39. The Labute approximate surface area is 195 Å². The zero-order chi connectivity index (χ0) is 22.9. The van der Waals surface area contributed by atoms with E-state index < -0.39 is 6.16 Å². The van der Waals surface area contributed by atoms with Crippen molar-refractivity contribution in [1.82, 2.24) is 0 Å². The zero-order valence-corrected chi connectivity index (χ0v) is 21.5. The van der Waals surface area contributed by atoms with Gasteiger partial charge in [-0.05, 0) is 46.2 Å². The van der Waals surface area contributed by atoms with Crippen molar-refractivity contribution >= 4 is 49.4 Å². The molecule has 4 N–H and O–H groups in total. The van der Waals surface area contributed by atoms with Crippen LogP contribution in [0.5, 0.6) is 0 Å². The van der Waals surface area contributed by atoms with Crippen LogP contribution in [0, 0.1) is 0 Å². The van der Waals surface area contributed by atoms with Gasteiger partial charge in [0, 0.05) is 31.4 Å². The van der Waals surface area contributed by atoms with Crippen molar-refractivity contribution in [1.29, 1.82) is 0 Å². The molecule has 0 spiro atoms. The number of rotatable bonds is 4. The number of benzene rings is 2. The number of nitrogen functional groups attached to an aromatic ring is 2. The zero-order valence-electron chi connectivity index (χ0n) is 18.4. The summed E-state index contributed by atoms with van der Waals surface area (Å²) in [6.07, 6.45) is -0.759. The fourth-order valence-corrected chi connectivity index (χ4v) is 4.03. The number of nitrogens with two attached hydrogens (primary N) is 2. The Kier molecular flexibility index (Phi) is 7.51. The molecule has 0 saturated carbocycles. The quantitative estimate of drug-likeness (QED) is 0.327. The van der Waals surface area contributed by atoms with Crippen LogP contribution in [0.1, 0.15) is 63.8 Å². The molecule has 0 aliphatic heterocycles. The van der Waals surface area contributed by atoms with Crippen LogP contribution in [0.3, 0.4) is 0 Å². The normalized spacial score (nSPS) is 12.0. The second kappa shape index (κ2) is 9.18. The van der Waals surface area contributed by atoms with E-state index >= 15 is 0 Å². The molecular formula is C23H30Br2N2O3. The largest absolute Gasteiger partial charge is 0.508 e. The fraction of sp³-hybridized carbons (Fsp3) is 0.435. The first-order chi connectivity index (χ1) is 13.7. The van der Waals surface area contributed by atoms with Crippen molar-refractivity contribution in [2.24, 2.45) is 0 Å². The summed E-state index contributed by atoms with van der Waals surface area (Å²) in [5, 5.41) is 0. The molecule has 0 amide bonds. The van der Waals surface area contributed by atoms with Gasteiger partial charge in [0.15, 0.2) is 0 Å². The van der Waals surface area contributed by atoms with Gasteiger partial charge in [0.2, 0.25) is 0 Å². The van der Waals surface area contributed by atoms with Crippen LogP contribution in [0.15, 0.2) is 33.2 Å². The van der Waals surface area contributed by atoms with Crippen LogP contribution >= 0.6 is 31.9 Å². The average molecular weight is 542 g/mol. The average Bonchev–Trinajstić information content (AvgIpc) is 2.60. The van der Waals surface area contributed by atoms with Crippen LogP contribution in [0.4, 0.5) is 16.2 Å². The van der Waals surface area contributed by atoms with Crippen molar-refractivity contribution in [3.05, 3.63) is 55.5 Å². The molecular weight excluding hydrogens is 512 g/mol. The summed E-state index contributed by atoms with van der Waals surface area (Å²) in [7, 11) is 0. The van der Waals surface area contributed by atoms with Crippen molar-refractivity contribution in [2.45, 2.75) is 65.6 Å². The molecule has 2 rings (SSSR count). The third-order valence-corrected chi connectivity index (χ3v) is 6.22. The molecule has 0 bridgehead atoms. The van der Waals surface area contributed by atoms with Crippen molar-refractivity contribution < 1.29 is 14.3 Å². The van der Waals surface area contributed by atoms with Gasteiger partial charge in [0.1, 0.15) is 13.2 Å². The molecule has 0 aromatic heterocycles. The summed E-state index contributed by atoms with van der Waals surface area (Å²) in [6, 6.07) is 7.58. The number of hydrogen-bond acceptors (Lipinski definition) is 5. The maximum absolute atomic E-state index is 12.1. The highest BCUT2D eigenvalue weighted by Gasteiger charge is 2.21. The van der Waals surface area contributed by atoms with Gasteiger partial charge in [-0.15, -0.1) is 0 Å². The molecule has 0 radical (unpaired) electrons. The van der Waals surface area contributed by atoms with Crippen LogP contribution in [-0.4, -0.2) is 6.16 Å². The smallest absolute Gasteiger partial charge is 0.429 e. The van der Waals surface area contributed by atoms with Gasteiger partial charge in [-0.1, -0.05) is 73.4 Å². The van der Waals surface area contributed by atoms with Crippen molar-refractivity contribution in [2.75, 3.05) is 11.5 Å². The van der Waals surface area contributed by atoms with Crippen LogP contribution < -0.4 is 11.5 Å². The van der Waals surface area contributed by atoms with E-state index in [1.54, 1.807) is 0 Å². The number of anilines is 2. The van der Waals surface area contributed by atoms with E-state index in [1.165, 1.54) is 0 Å². The Morgan fingerprint density at radius 1 is 0.767 bits per heavy atom. The summed E-state index contributed by atoms with van der Waals surface area (Å²) >= 11 is 7.06. The molecule has 0 aliphatic carbocycles. The predicted molar refractivity (Wildman–Crippen MR) is 129 cm³/mol. The number of hydrogen-bond donors (Lipinski definition) is 2. The lowest BCUT2D eigenvalue weighted by atomic mass is 9.85. The number of carbonyl (C=O) groups is 1. The molecule has 0 unspecified atom stereocenters. The van der Waals surface area contributed by atoms with Crippen LogP contribution in [0.2, 0.25) is 0 Å². The summed E-state index contributed by atoms with van der Waals surface area (Å²) in [6.45, 7) is 12.7. The maximum Gasteiger partial charge on any atom is 0.508 e. The van der Waals surface area contributed by atoms with E-state index in [1.807, 2.05) is 24.3 Å². The summed E-state index contributed by atoms with van der Waals surface area (Å²) in [4.78, 5) is 12.1. The first-order valence-corrected chi connectivity index (χ1v) is 11.2. The maximum atomic E-state index is 12.1. The molecule has 0 fully saturated rings. The van der Waals surface area contributed by atoms with Crippen molar-refractivity contribution in [3.63, 3.8) is 0 Å². The van der Waals surface area contributed by atoms with E-state index in [0.29, 0.717) is 11.4 Å². The first-order valence-electron chi connectivity index (χ1n) is 9.66. The fourth-order valence-electron chi connectivity index (χ4n) is 3.11. The molecule has 0 heterocycles. The predicted octanol–water partition coefficient (Wildman–Crippen LogP) is 6.82. The highest BCUT2D eigenvalue weighted by atomic mass is 79.9. The Hall–Kier alpha value is -1.73. The van der Waals surface area contributed by atoms with Crippen LogP contribution in [-0.2, 0) is 33.5 Å². The Balaban J connectivity index is 2.01. The monoisotopic (exact) mass is 540 g/mol. The summed E-state index contributed by atoms with van der Waals surface area (Å²) < 4.78 is 12.2. The van der Waals surface area contributed by atoms with Gasteiger partial charge in [-0.2, -0.15) is 0 Å². The Bertz CT molecular complexity index is 869. The van der Waals surface area contributed by atoms with E-state index in [9.17, 15) is 4.79 Å². The molecule has 0 atom stereocenters. The van der Waals surface area contributed by atoms with Gasteiger partial charge in [0.25, 0.3) is 0 Å². The minimum absolute atomic E-state index is 0.0559. The minimum atomic E-state index is -0.759. The van der Waals surface area contributed by atoms with E-state index in [-0.39, 0.29) is 24.0 Å². The van der Waals surface area contributed by atoms with Gasteiger partial charge in [-0.25, -0.2) is 4.79 Å². The number of ether oxygens (including phenoxy) is 2. The Morgan fingerprint density at radius 2 is 1.10 bits per heavy atom. The highest BCUT2D eigenvalue weighted by Crippen LogP contribution is 2.34. The third kappa shape index (κ3) is 6.14. The van der Waals surface area contributed by atoms with Gasteiger partial charge in [-0.3, -0.25) is 0 Å². The topological polar surface area (TPSA) is 87.6 Å². The van der Waals surface area contributed by atoms with Gasteiger partial charge >= 0.3 is 6.16 Å². The Morgan fingerprint density at radius 3 is 1.40 bits per heavy atom. The van der Waals surface area contributed by atoms with Crippen LogP contribution in [0.25, 0.3) is 0 Å². The standard InChI is InChI=1S/C23H30Br2N2O3/c1-22(2,3)15-9-17(24)13(7-19(15)26)11-29-21(28)30-12-14-8-20(27)16(10-18(14)25)23(4,5)6/h7-10H,11-12,26-27H2,1-6H3. The lowest BCUT2D eigenvalue weighted by Gasteiger charge is -2.23. The molecule has 7 heteroatoms. The van der Waals surface area contributed by atoms with Crippen molar-refractivity contribution in [3.8, 4) is 0 Å². The van der Waals surface area contributed by atoms with E-state index in [2.05, 4.69) is 73.4 Å². The molecule has 5 nitrogen and oxygen atoms in total. The molecule has 0 aliphatic rings. The lowest BCUT2D eigenvalue weighted by molar-refractivity contribution is 0.0444. The van der Waals surface area contributed by atoms with E-state index in [0.717, 1.165) is 31.2 Å². The molecule has 30 heavy (non-hydrogen) atoms. The molecule has 2 aromatic carbocycles. The highest BCUT2D eigenvalue weighted by molar-refractivity contribution is 9.10. The SMILES string of the molecule is CC(C)(C)c1cc(Br)c(COC(=O)OCc2cc(N)c(C(C)(C)C)cc2Br)cc1N. The van der Waals surface area contributed by atoms with Gasteiger partial charge < -0.3 is 20.9 Å². The van der Waals surface area contributed by atoms with E-state index in [4.69, 9.17) is 20.9 Å².